The second-order valence-corrected chi connectivity index (χ2v) is 24.5. The maximum atomic E-state index is 14.6. The van der Waals surface area contributed by atoms with Gasteiger partial charge in [-0.25, -0.2) is 14.4 Å². The van der Waals surface area contributed by atoms with Gasteiger partial charge in [0.1, 0.15) is 17.8 Å². The number of hydrogen-bond donors (Lipinski definition) is 1. The summed E-state index contributed by atoms with van der Waals surface area (Å²) in [4.78, 5) is 61.3. The van der Waals surface area contributed by atoms with E-state index in [2.05, 4.69) is 11.8 Å². The predicted octanol–water partition coefficient (Wildman–Crippen LogP) is 8.95. The molecule has 18 heteroatoms. The molecule has 3 fully saturated rings. The van der Waals surface area contributed by atoms with Crippen molar-refractivity contribution in [1.82, 2.24) is 14.7 Å². The average Bonchev–Trinajstić information content (AvgIpc) is 3.44. The van der Waals surface area contributed by atoms with Crippen LogP contribution in [-0.4, -0.2) is 183 Å². The molecule has 3 aromatic rings. The van der Waals surface area contributed by atoms with Crippen molar-refractivity contribution >= 4 is 24.0 Å². The largest absolute Gasteiger partial charge is 0.461 e. The molecule has 3 aliphatic heterocycles. The third kappa shape index (κ3) is 16.8. The molecule has 18 nitrogen and oxygen atoms in total. The molecule has 14 atom stereocenters. The van der Waals surface area contributed by atoms with E-state index < -0.39 is 95.2 Å². The van der Waals surface area contributed by atoms with E-state index in [4.69, 9.17) is 47.4 Å². The van der Waals surface area contributed by atoms with E-state index in [9.17, 15) is 24.3 Å². The van der Waals surface area contributed by atoms with Crippen LogP contribution >= 0.6 is 0 Å². The first-order chi connectivity index (χ1) is 38.2. The third-order valence-electron chi connectivity index (χ3n) is 16.7. The molecule has 0 bridgehead atoms. The number of likely N-dealkylation sites (N-methyl/N-ethyl adjacent to an activating group) is 2. The summed E-state index contributed by atoms with van der Waals surface area (Å²) in [5.41, 5.74) is -2.01. The average molecular weight is 1130 g/mol. The Hall–Kier alpha value is -5.02. The SMILES string of the molecule is CO[C@](C)(C[C@@H](C)CN(C)C1(CO)CCN(C(=O)OC(C)(C)C)CC1)[C@H](O[C@@H]1O[C@H](C)C[C@H](N(C)C)[C@H]1OC(=O)c1ccccc1)[C@@H](C)[C@H](O[C@H]1C[C@@](C)(OC)[C@@H](OC(=O)c2ccccc2)[C@H](C)O1)[C@@H](C)C(=O)OCc1ccccc1. The van der Waals surface area contributed by atoms with Crippen LogP contribution in [0.25, 0.3) is 0 Å². The molecule has 0 spiro atoms. The van der Waals surface area contributed by atoms with Crippen LogP contribution in [0.3, 0.4) is 0 Å². The fourth-order valence-corrected chi connectivity index (χ4v) is 11.9. The van der Waals surface area contributed by atoms with E-state index in [1.165, 1.54) is 0 Å². The van der Waals surface area contributed by atoms with E-state index in [0.717, 1.165) is 5.56 Å². The van der Waals surface area contributed by atoms with Crippen LogP contribution < -0.4 is 0 Å². The number of aliphatic hydroxyl groups excluding tert-OH is 1. The smallest absolute Gasteiger partial charge is 0.410 e. The molecule has 0 aromatic heterocycles. The molecule has 6 rings (SSSR count). The lowest BCUT2D eigenvalue weighted by Gasteiger charge is -2.50. The number of benzene rings is 3. The summed E-state index contributed by atoms with van der Waals surface area (Å²) >= 11 is 0. The van der Waals surface area contributed by atoms with Crippen LogP contribution in [0, 0.1) is 17.8 Å². The van der Waals surface area contributed by atoms with Crippen LogP contribution in [0.4, 0.5) is 4.79 Å². The summed E-state index contributed by atoms with van der Waals surface area (Å²) in [6.45, 7) is 20.2. The number of likely N-dealkylation sites (tertiary alicyclic amines) is 1. The highest BCUT2D eigenvalue weighted by Gasteiger charge is 2.54. The summed E-state index contributed by atoms with van der Waals surface area (Å²) in [6.07, 6.45) is -5.31. The summed E-state index contributed by atoms with van der Waals surface area (Å²) < 4.78 is 65.3. The number of carbonyl (C=O) groups is 4. The van der Waals surface area contributed by atoms with Gasteiger partial charge in [0.25, 0.3) is 0 Å². The van der Waals surface area contributed by atoms with E-state index in [1.54, 1.807) is 81.5 Å². The maximum Gasteiger partial charge on any atom is 0.410 e. The summed E-state index contributed by atoms with van der Waals surface area (Å²) in [5.74, 6) is -3.43. The molecule has 450 valence electrons. The Balaban J connectivity index is 1.38. The number of esters is 3. The van der Waals surface area contributed by atoms with Gasteiger partial charge in [0.15, 0.2) is 24.8 Å². The van der Waals surface area contributed by atoms with Gasteiger partial charge in [0, 0.05) is 51.7 Å². The van der Waals surface area contributed by atoms with Crippen molar-refractivity contribution < 1.29 is 71.7 Å². The Morgan fingerprint density at radius 1 is 0.802 bits per heavy atom. The Kier molecular flexibility index (Phi) is 22.9. The Labute approximate surface area is 481 Å². The quantitative estimate of drug-likeness (QED) is 0.0660. The first kappa shape index (κ1) is 65.1. The number of ether oxygens (including phenoxy) is 10. The first-order valence-corrected chi connectivity index (χ1v) is 28.7. The lowest BCUT2D eigenvalue weighted by molar-refractivity contribution is -0.318. The van der Waals surface area contributed by atoms with E-state index >= 15 is 0 Å². The number of methoxy groups -OCH3 is 2. The second kappa shape index (κ2) is 28.5. The number of rotatable bonds is 24. The number of aliphatic hydroxyl groups is 1. The van der Waals surface area contributed by atoms with Crippen molar-refractivity contribution in [2.24, 2.45) is 17.8 Å². The molecule has 3 saturated heterocycles. The van der Waals surface area contributed by atoms with Gasteiger partial charge in [0.2, 0.25) is 0 Å². The Bertz CT molecular complexity index is 2460. The molecule has 0 aliphatic carbocycles. The van der Waals surface area contributed by atoms with E-state index in [0.29, 0.717) is 56.4 Å². The van der Waals surface area contributed by atoms with Crippen molar-refractivity contribution in [1.29, 1.82) is 0 Å². The molecular weight excluding hydrogens is 1040 g/mol. The summed E-state index contributed by atoms with van der Waals surface area (Å²) in [7, 11) is 9.04. The molecule has 1 amide bonds. The lowest BCUT2D eigenvalue weighted by Crippen LogP contribution is -2.62. The molecule has 3 aliphatic rings. The molecule has 3 heterocycles. The minimum atomic E-state index is -1.19. The van der Waals surface area contributed by atoms with Crippen LogP contribution in [-0.2, 0) is 58.8 Å². The first-order valence-electron chi connectivity index (χ1n) is 28.7. The third-order valence-corrected chi connectivity index (χ3v) is 16.7. The predicted molar refractivity (Wildman–Crippen MR) is 305 cm³/mol. The van der Waals surface area contributed by atoms with Crippen molar-refractivity contribution in [3.8, 4) is 0 Å². The van der Waals surface area contributed by atoms with Gasteiger partial charge in [-0.3, -0.25) is 9.69 Å². The van der Waals surface area contributed by atoms with Crippen LogP contribution in [0.5, 0.6) is 0 Å². The van der Waals surface area contributed by atoms with Gasteiger partial charge in [-0.15, -0.1) is 0 Å². The zero-order valence-electron chi connectivity index (χ0n) is 50.7. The number of hydrogen-bond acceptors (Lipinski definition) is 17. The standard InChI is InChI=1S/C63H93N3O15/c1-41(38-65(13)63(40-67)31-33-66(34-32-63)59(71)81-60(6,7)8)36-61(9,72-14)53(80-58-52(49(64(11)12)35-42(2)75-58)78-56(69)47-27-21-17-22-28-47)43(3)51(44(4)55(68)74-39-46-25-19-16-20-26-46)77-50-37-62(10,73-15)54(45(5)76-50)79-57(70)48-29-23-18-24-30-48/h16-30,41-45,49-54,58,67H,31-40H2,1-15H3/t41-,42-,43+,44-,45+,49+,50+,51+,52-,53-,54+,58+,61-,62-/m1/s1. The molecule has 0 saturated carbocycles. The van der Waals surface area contributed by atoms with Crippen molar-refractivity contribution in [2.75, 3.05) is 61.6 Å². The van der Waals surface area contributed by atoms with Gasteiger partial charge in [-0.05, 0) is 138 Å². The normalized spacial score (nSPS) is 26.8. The van der Waals surface area contributed by atoms with Crippen LogP contribution in [0.2, 0.25) is 0 Å². The Morgan fingerprint density at radius 2 is 1.37 bits per heavy atom. The summed E-state index contributed by atoms with van der Waals surface area (Å²) in [6, 6.07) is 26.6. The van der Waals surface area contributed by atoms with E-state index in [-0.39, 0.29) is 43.8 Å². The zero-order chi connectivity index (χ0) is 59.5. The minimum Gasteiger partial charge on any atom is -0.461 e. The fourth-order valence-electron chi connectivity index (χ4n) is 11.9. The van der Waals surface area contributed by atoms with Gasteiger partial charge in [-0.2, -0.15) is 0 Å². The fraction of sp³-hybridized carbons (Fsp3) is 0.651. The highest BCUT2D eigenvalue weighted by atomic mass is 16.7. The number of carbonyl (C=O) groups excluding carboxylic acids is 4. The lowest BCUT2D eigenvalue weighted by atomic mass is 9.77. The second-order valence-electron chi connectivity index (χ2n) is 24.5. The minimum absolute atomic E-state index is 0.0155. The van der Waals surface area contributed by atoms with Crippen molar-refractivity contribution in [3.63, 3.8) is 0 Å². The monoisotopic (exact) mass is 1130 g/mol. The van der Waals surface area contributed by atoms with Crippen molar-refractivity contribution in [2.45, 2.75) is 186 Å². The number of piperidine rings is 1. The van der Waals surface area contributed by atoms with Crippen molar-refractivity contribution in [3.05, 3.63) is 108 Å². The number of nitrogens with zero attached hydrogens (tertiary/aromatic N) is 3. The van der Waals surface area contributed by atoms with Gasteiger partial charge in [0.05, 0.1) is 59.7 Å². The molecular formula is C63H93N3O15. The molecule has 0 unspecified atom stereocenters. The summed E-state index contributed by atoms with van der Waals surface area (Å²) in [5, 5.41) is 11.1. The number of amides is 1. The molecule has 3 aromatic carbocycles. The zero-order valence-corrected chi connectivity index (χ0v) is 50.7. The van der Waals surface area contributed by atoms with Crippen LogP contribution in [0.15, 0.2) is 91.0 Å². The maximum absolute atomic E-state index is 14.6. The highest BCUT2D eigenvalue weighted by Crippen LogP contribution is 2.42. The molecule has 81 heavy (non-hydrogen) atoms. The Morgan fingerprint density at radius 3 is 1.90 bits per heavy atom. The van der Waals surface area contributed by atoms with Gasteiger partial charge in [-0.1, -0.05) is 80.6 Å². The van der Waals surface area contributed by atoms with Gasteiger partial charge >= 0.3 is 24.0 Å². The molecule has 0 radical (unpaired) electrons. The van der Waals surface area contributed by atoms with Crippen LogP contribution in [0.1, 0.15) is 128 Å². The van der Waals surface area contributed by atoms with Gasteiger partial charge < -0.3 is 62.3 Å². The highest BCUT2D eigenvalue weighted by molar-refractivity contribution is 5.90. The topological polar surface area (TPSA) is 191 Å². The van der Waals surface area contributed by atoms with E-state index in [1.807, 2.05) is 117 Å². The molecule has 1 N–H and O–H groups in total.